The lowest BCUT2D eigenvalue weighted by atomic mass is 9.55. The normalized spacial score (nSPS) is 21.2. The van der Waals surface area contributed by atoms with Crippen LogP contribution in [0.5, 0.6) is 0 Å². The Morgan fingerprint density at radius 1 is 0.744 bits per heavy atom. The summed E-state index contributed by atoms with van der Waals surface area (Å²) in [6.45, 7) is -0.644. The van der Waals surface area contributed by atoms with Crippen LogP contribution in [0.25, 0.3) is 0 Å². The van der Waals surface area contributed by atoms with Crippen molar-refractivity contribution in [2.24, 2.45) is 11.8 Å². The van der Waals surface area contributed by atoms with Crippen molar-refractivity contribution < 1.29 is 24.1 Å². The van der Waals surface area contributed by atoms with Gasteiger partial charge in [-0.2, -0.15) is 5.01 Å². The van der Waals surface area contributed by atoms with Gasteiger partial charge >= 0.3 is 0 Å². The van der Waals surface area contributed by atoms with E-state index in [-0.39, 0.29) is 16.8 Å². The van der Waals surface area contributed by atoms with E-state index in [0.717, 1.165) is 38.3 Å². The van der Waals surface area contributed by atoms with Gasteiger partial charge in [-0.15, -0.1) is 0 Å². The third-order valence-corrected chi connectivity index (χ3v) is 8.92. The van der Waals surface area contributed by atoms with Crippen LogP contribution in [0.4, 0.5) is 5.69 Å². The number of non-ortho nitro benzene ring substituents is 1. The predicted octanol–water partition coefficient (Wildman–Crippen LogP) is 5.38. The zero-order valence-corrected chi connectivity index (χ0v) is 23.2. The molecule has 43 heavy (non-hydrogen) atoms. The summed E-state index contributed by atoms with van der Waals surface area (Å²) in [5, 5.41) is 13.5. The maximum absolute atomic E-state index is 14.3. The van der Waals surface area contributed by atoms with Crippen molar-refractivity contribution in [3.63, 3.8) is 0 Å². The highest BCUT2D eigenvalue weighted by atomic mass is 35.5. The molecule has 10 heteroatoms. The summed E-state index contributed by atoms with van der Waals surface area (Å²) in [6.07, 6.45) is 0. The number of carbonyl (C=O) groups excluding carboxylic acids is 4. The maximum Gasteiger partial charge on any atom is 0.273 e. The average Bonchev–Trinajstić information content (AvgIpc) is 3.29. The molecule has 9 nitrogen and oxygen atoms in total. The van der Waals surface area contributed by atoms with Gasteiger partial charge in [0.25, 0.3) is 23.4 Å². The first-order chi connectivity index (χ1) is 20.8. The van der Waals surface area contributed by atoms with Crippen LogP contribution in [0.2, 0.25) is 5.02 Å². The Balaban J connectivity index is 1.33. The van der Waals surface area contributed by atoms with Crippen molar-refractivity contribution in [2.75, 3.05) is 6.54 Å². The Kier molecular flexibility index (Phi) is 6.21. The van der Waals surface area contributed by atoms with Gasteiger partial charge in [-0.1, -0.05) is 66.2 Å². The number of imide groups is 1. The summed E-state index contributed by atoms with van der Waals surface area (Å²) in [7, 11) is 0. The fourth-order valence-electron chi connectivity index (χ4n) is 6.90. The minimum atomic E-state index is -0.881. The number of hydrazine groups is 1. The minimum absolute atomic E-state index is 0.136. The Bertz CT molecular complexity index is 1760. The van der Waals surface area contributed by atoms with Crippen LogP contribution in [0, 0.1) is 22.0 Å². The molecule has 0 N–H and O–H groups in total. The van der Waals surface area contributed by atoms with Gasteiger partial charge in [0.05, 0.1) is 16.8 Å². The maximum atomic E-state index is 14.3. The van der Waals surface area contributed by atoms with Gasteiger partial charge in [0, 0.05) is 40.1 Å². The van der Waals surface area contributed by atoms with Crippen LogP contribution in [0.3, 0.4) is 0 Å². The third kappa shape index (κ3) is 4.07. The summed E-state index contributed by atoms with van der Waals surface area (Å²) in [6, 6.07) is 26.5. The highest BCUT2D eigenvalue weighted by Gasteiger charge is 2.63. The summed E-state index contributed by atoms with van der Waals surface area (Å²) in [4.78, 5) is 67.0. The summed E-state index contributed by atoms with van der Waals surface area (Å²) in [5.74, 6) is -4.99. The fraction of sp³-hybridized carbons (Fsp3) is 0.152. The molecule has 1 heterocycles. The Hall–Kier alpha value is -5.15. The molecule has 0 aromatic heterocycles. The number of nitro benzene ring substituents is 1. The monoisotopic (exact) mass is 591 g/mol. The molecule has 3 aliphatic carbocycles. The molecule has 8 rings (SSSR count). The van der Waals surface area contributed by atoms with Gasteiger partial charge in [-0.05, 0) is 52.6 Å². The van der Waals surface area contributed by atoms with Gasteiger partial charge in [-0.25, -0.2) is 5.01 Å². The molecule has 4 aromatic rings. The average molecular weight is 592 g/mol. The molecule has 0 saturated carbocycles. The van der Waals surface area contributed by atoms with Crippen molar-refractivity contribution in [1.29, 1.82) is 0 Å². The second-order valence-corrected chi connectivity index (χ2v) is 11.3. The number of carbonyl (C=O) groups is 4. The van der Waals surface area contributed by atoms with Crippen molar-refractivity contribution in [3.05, 3.63) is 146 Å². The zero-order chi connectivity index (χ0) is 30.0. The lowest BCUT2D eigenvalue weighted by molar-refractivity contribution is -0.384. The first-order valence-electron chi connectivity index (χ1n) is 13.7. The zero-order valence-electron chi connectivity index (χ0n) is 22.4. The molecule has 3 amide bonds. The number of Topliss-reactive ketones (excluding diaryl/α,β-unsaturated/α-hetero) is 1. The van der Waals surface area contributed by atoms with Crippen LogP contribution in [0.15, 0.2) is 97.1 Å². The standard InChI is InChI=1S/C33H22ClN3O6/c34-20-14-12-18(13-15-20)26(38)17-35(31(39)19-6-5-7-21(16-19)37(42)43)36-32(40)29-27-22-8-1-2-9-23(22)28(30(29)33(36)41)25-11-4-3-10-24(25)27/h1-16,27-30H,17H2/t27?,28?,29-,30+. The summed E-state index contributed by atoms with van der Waals surface area (Å²) in [5.41, 5.74) is 3.59. The largest absolute Gasteiger partial charge is 0.292 e. The number of nitro groups is 1. The van der Waals surface area contributed by atoms with E-state index in [1.807, 2.05) is 48.5 Å². The van der Waals surface area contributed by atoms with Crippen molar-refractivity contribution in [3.8, 4) is 0 Å². The molecule has 4 aliphatic rings. The van der Waals surface area contributed by atoms with Gasteiger partial charge in [-0.3, -0.25) is 29.3 Å². The third-order valence-electron chi connectivity index (χ3n) is 8.66. The second kappa shape index (κ2) is 9.99. The van der Waals surface area contributed by atoms with E-state index in [2.05, 4.69) is 0 Å². The smallest absolute Gasteiger partial charge is 0.273 e. The SMILES string of the molecule is O=C(CN(C(=O)c1cccc([N+](=O)[O-])c1)N1C(=O)[C@@H]2C3c4ccccc4C(c4ccccc43)[C@@H]2C1=O)c1ccc(Cl)cc1. The van der Waals surface area contributed by atoms with Crippen LogP contribution in [-0.4, -0.2) is 45.0 Å². The predicted molar refractivity (Wildman–Crippen MR) is 155 cm³/mol. The van der Waals surface area contributed by atoms with Crippen molar-refractivity contribution in [1.82, 2.24) is 10.0 Å². The molecule has 212 valence electrons. The van der Waals surface area contributed by atoms with Crippen LogP contribution < -0.4 is 0 Å². The highest BCUT2D eigenvalue weighted by molar-refractivity contribution is 6.30. The summed E-state index contributed by atoms with van der Waals surface area (Å²) < 4.78 is 0. The number of hydrogen-bond donors (Lipinski definition) is 0. The number of hydrogen-bond acceptors (Lipinski definition) is 6. The lowest BCUT2D eigenvalue weighted by Crippen LogP contribution is -2.52. The lowest BCUT2D eigenvalue weighted by Gasteiger charge is -2.45. The minimum Gasteiger partial charge on any atom is -0.292 e. The quantitative estimate of drug-likeness (QED) is 0.129. The molecular formula is C33H22ClN3O6. The van der Waals surface area contributed by atoms with Crippen LogP contribution in [-0.2, 0) is 9.59 Å². The molecule has 1 aliphatic heterocycles. The van der Waals surface area contributed by atoms with Gasteiger partial charge in [0.2, 0.25) is 0 Å². The van der Waals surface area contributed by atoms with Crippen molar-refractivity contribution >= 4 is 40.8 Å². The molecular weight excluding hydrogens is 570 g/mol. The molecule has 0 unspecified atom stereocenters. The first-order valence-corrected chi connectivity index (χ1v) is 14.0. The fourth-order valence-corrected chi connectivity index (χ4v) is 7.02. The number of nitrogens with zero attached hydrogens (tertiary/aromatic N) is 3. The van der Waals surface area contributed by atoms with Crippen LogP contribution >= 0.6 is 11.6 Å². The van der Waals surface area contributed by atoms with Gasteiger partial charge in [0.15, 0.2) is 5.78 Å². The number of benzene rings is 4. The van der Waals surface area contributed by atoms with E-state index < -0.39 is 58.6 Å². The molecule has 0 spiro atoms. The van der Waals surface area contributed by atoms with E-state index in [9.17, 15) is 29.3 Å². The van der Waals surface area contributed by atoms with Gasteiger partial charge < -0.3 is 0 Å². The topological polar surface area (TPSA) is 118 Å². The van der Waals surface area contributed by atoms with Gasteiger partial charge in [0.1, 0.15) is 6.54 Å². The first kappa shape index (κ1) is 26.7. The second-order valence-electron chi connectivity index (χ2n) is 10.9. The number of ketones is 1. The van der Waals surface area contributed by atoms with E-state index in [1.54, 1.807) is 0 Å². The van der Waals surface area contributed by atoms with E-state index in [4.69, 9.17) is 11.6 Å². The molecule has 4 aromatic carbocycles. The Morgan fingerprint density at radius 2 is 1.26 bits per heavy atom. The Labute approximate surface area is 250 Å². The summed E-state index contributed by atoms with van der Waals surface area (Å²) >= 11 is 5.99. The van der Waals surface area contributed by atoms with Crippen LogP contribution in [0.1, 0.15) is 54.8 Å². The molecule has 1 saturated heterocycles. The Morgan fingerprint density at radius 3 is 1.74 bits per heavy atom. The number of rotatable bonds is 6. The number of amides is 3. The van der Waals surface area contributed by atoms with E-state index >= 15 is 0 Å². The highest BCUT2D eigenvalue weighted by Crippen LogP contribution is 2.61. The molecule has 2 bridgehead atoms. The van der Waals surface area contributed by atoms with E-state index in [1.165, 1.54) is 42.5 Å². The molecule has 0 radical (unpaired) electrons. The van der Waals surface area contributed by atoms with Crippen molar-refractivity contribution in [2.45, 2.75) is 11.8 Å². The number of halogens is 1. The molecule has 2 atom stereocenters. The van der Waals surface area contributed by atoms with E-state index in [0.29, 0.717) is 5.02 Å². The molecule has 1 fully saturated rings.